The van der Waals surface area contributed by atoms with E-state index in [1.54, 1.807) is 0 Å². The topological polar surface area (TPSA) is 35.5 Å². The van der Waals surface area contributed by atoms with Gasteiger partial charge in [-0.25, -0.2) is 4.79 Å². The molecule has 1 aliphatic carbocycles. The molecule has 1 heterocycles. The van der Waals surface area contributed by atoms with Gasteiger partial charge >= 0.3 is 5.97 Å². The van der Waals surface area contributed by atoms with Gasteiger partial charge in [-0.1, -0.05) is 39.0 Å². The van der Waals surface area contributed by atoms with Gasteiger partial charge in [0.05, 0.1) is 6.61 Å². The first-order valence-corrected chi connectivity index (χ1v) is 8.47. The first-order valence-electron chi connectivity index (χ1n) is 7.09. The number of thioether (sulfide) groups is 1. The standard InChI is InChI=1S/C14H23ClO3S/c1-8(2)10-5-4-9(3)6-11(10)18-13(16)14-17-7-12(15)19-14/h8-12,14H,4-7H2,1-3H3/t9-,10+,11?,12?,14+/m0/s1. The van der Waals surface area contributed by atoms with Crippen molar-refractivity contribution in [1.29, 1.82) is 0 Å². The fourth-order valence-electron chi connectivity index (χ4n) is 2.95. The molecule has 0 aromatic rings. The molecule has 1 saturated heterocycles. The van der Waals surface area contributed by atoms with E-state index in [1.165, 1.54) is 18.2 Å². The van der Waals surface area contributed by atoms with Gasteiger partial charge in [0, 0.05) is 0 Å². The number of hydrogen-bond donors (Lipinski definition) is 0. The van der Waals surface area contributed by atoms with Crippen LogP contribution in [0.3, 0.4) is 0 Å². The third-order valence-electron chi connectivity index (χ3n) is 4.07. The molecule has 3 nitrogen and oxygen atoms in total. The highest BCUT2D eigenvalue weighted by atomic mass is 35.5. The minimum absolute atomic E-state index is 0.0369. The summed E-state index contributed by atoms with van der Waals surface area (Å²) in [7, 11) is 0. The van der Waals surface area contributed by atoms with Gasteiger partial charge in [0.15, 0.2) is 0 Å². The van der Waals surface area contributed by atoms with Crippen LogP contribution in [-0.4, -0.2) is 28.8 Å². The van der Waals surface area contributed by atoms with Crippen LogP contribution in [0.1, 0.15) is 40.0 Å². The fourth-order valence-corrected chi connectivity index (χ4v) is 4.06. The van der Waals surface area contributed by atoms with Crippen molar-refractivity contribution in [3.63, 3.8) is 0 Å². The summed E-state index contributed by atoms with van der Waals surface area (Å²) < 4.78 is 10.9. The summed E-state index contributed by atoms with van der Waals surface area (Å²) in [6, 6.07) is 0. The van der Waals surface area contributed by atoms with Crippen LogP contribution in [0.15, 0.2) is 0 Å². The Labute approximate surface area is 124 Å². The van der Waals surface area contributed by atoms with Crippen LogP contribution in [0.5, 0.6) is 0 Å². The van der Waals surface area contributed by atoms with E-state index in [1.807, 2.05) is 0 Å². The van der Waals surface area contributed by atoms with Crippen molar-refractivity contribution in [2.75, 3.05) is 6.61 Å². The highest BCUT2D eigenvalue weighted by Gasteiger charge is 2.37. The van der Waals surface area contributed by atoms with E-state index in [0.29, 0.717) is 24.4 Å². The minimum atomic E-state index is -0.535. The first-order chi connectivity index (χ1) is 8.97. The molecule has 5 heteroatoms. The van der Waals surface area contributed by atoms with Crippen LogP contribution in [0.25, 0.3) is 0 Å². The Balaban J connectivity index is 1.92. The van der Waals surface area contributed by atoms with Gasteiger partial charge < -0.3 is 9.47 Å². The quantitative estimate of drug-likeness (QED) is 0.589. The maximum Gasteiger partial charge on any atom is 0.346 e. The van der Waals surface area contributed by atoms with Gasteiger partial charge in [-0.15, -0.1) is 11.6 Å². The Morgan fingerprint density at radius 2 is 2.16 bits per heavy atom. The molecular formula is C14H23ClO3S. The van der Waals surface area contributed by atoms with Crippen LogP contribution in [0.4, 0.5) is 0 Å². The lowest BCUT2D eigenvalue weighted by molar-refractivity contribution is -0.162. The smallest absolute Gasteiger partial charge is 0.346 e. The molecule has 2 unspecified atom stereocenters. The number of rotatable bonds is 3. The van der Waals surface area contributed by atoms with Gasteiger partial charge in [0.1, 0.15) is 10.8 Å². The maximum absolute atomic E-state index is 12.1. The fraction of sp³-hybridized carbons (Fsp3) is 0.929. The van der Waals surface area contributed by atoms with Gasteiger partial charge in [0.25, 0.3) is 0 Å². The van der Waals surface area contributed by atoms with Crippen molar-refractivity contribution in [3.05, 3.63) is 0 Å². The lowest BCUT2D eigenvalue weighted by Crippen LogP contribution is -2.37. The lowest BCUT2D eigenvalue weighted by Gasteiger charge is -2.37. The molecule has 0 amide bonds. The monoisotopic (exact) mass is 306 g/mol. The number of hydrogen-bond acceptors (Lipinski definition) is 4. The van der Waals surface area contributed by atoms with E-state index in [0.717, 1.165) is 12.8 Å². The highest BCUT2D eigenvalue weighted by molar-refractivity contribution is 8.02. The molecule has 5 atom stereocenters. The van der Waals surface area contributed by atoms with E-state index in [4.69, 9.17) is 21.1 Å². The average molecular weight is 307 g/mol. The van der Waals surface area contributed by atoms with E-state index in [2.05, 4.69) is 20.8 Å². The predicted molar refractivity (Wildman–Crippen MR) is 78.2 cm³/mol. The summed E-state index contributed by atoms with van der Waals surface area (Å²) in [6.07, 6.45) is 3.38. The number of halogens is 1. The summed E-state index contributed by atoms with van der Waals surface area (Å²) in [5, 5.41) is 0. The number of carbonyl (C=O) groups is 1. The Morgan fingerprint density at radius 1 is 1.42 bits per heavy atom. The van der Waals surface area contributed by atoms with Crippen LogP contribution >= 0.6 is 23.4 Å². The number of esters is 1. The zero-order valence-electron chi connectivity index (χ0n) is 11.8. The largest absolute Gasteiger partial charge is 0.459 e. The van der Waals surface area contributed by atoms with Gasteiger partial charge in [0.2, 0.25) is 5.44 Å². The van der Waals surface area contributed by atoms with Crippen molar-refractivity contribution >= 4 is 29.3 Å². The van der Waals surface area contributed by atoms with Gasteiger partial charge in [-0.2, -0.15) is 0 Å². The molecule has 19 heavy (non-hydrogen) atoms. The Kier molecular flexibility index (Phi) is 5.44. The van der Waals surface area contributed by atoms with Crippen LogP contribution in [-0.2, 0) is 14.3 Å². The van der Waals surface area contributed by atoms with Crippen LogP contribution in [0, 0.1) is 17.8 Å². The molecule has 1 saturated carbocycles. The highest BCUT2D eigenvalue weighted by Crippen LogP contribution is 2.37. The zero-order chi connectivity index (χ0) is 14.0. The van der Waals surface area contributed by atoms with Crippen molar-refractivity contribution in [3.8, 4) is 0 Å². The normalized spacial score (nSPS) is 39.5. The summed E-state index contributed by atoms with van der Waals surface area (Å²) in [6.45, 7) is 7.06. The van der Waals surface area contributed by atoms with Gasteiger partial charge in [-0.05, 0) is 30.6 Å². The van der Waals surface area contributed by atoms with E-state index in [9.17, 15) is 4.79 Å². The number of alkyl halides is 1. The second-order valence-electron chi connectivity index (χ2n) is 6.01. The van der Waals surface area contributed by atoms with Crippen molar-refractivity contribution in [2.24, 2.45) is 17.8 Å². The Hall–Kier alpha value is 0.0700. The van der Waals surface area contributed by atoms with E-state index < -0.39 is 5.44 Å². The SMILES string of the molecule is CC(C)[C@H]1CC[C@H](C)CC1OC(=O)[C@@H]1OCC(Cl)S1. The molecule has 2 rings (SSSR count). The van der Waals surface area contributed by atoms with Crippen molar-refractivity contribution in [2.45, 2.75) is 56.3 Å². The van der Waals surface area contributed by atoms with Crippen molar-refractivity contribution in [1.82, 2.24) is 0 Å². The second kappa shape index (κ2) is 6.68. The average Bonchev–Trinajstić information content (AvgIpc) is 2.75. The van der Waals surface area contributed by atoms with Gasteiger partial charge in [-0.3, -0.25) is 0 Å². The molecular weight excluding hydrogens is 284 g/mol. The molecule has 0 aromatic heterocycles. The molecule has 0 N–H and O–H groups in total. The maximum atomic E-state index is 12.1. The number of carbonyl (C=O) groups excluding carboxylic acids is 1. The molecule has 1 aliphatic heterocycles. The zero-order valence-corrected chi connectivity index (χ0v) is 13.4. The van der Waals surface area contributed by atoms with E-state index in [-0.39, 0.29) is 16.8 Å². The lowest BCUT2D eigenvalue weighted by atomic mass is 9.75. The van der Waals surface area contributed by atoms with Crippen LogP contribution < -0.4 is 0 Å². The molecule has 0 radical (unpaired) electrons. The molecule has 2 aliphatic rings. The third-order valence-corrected chi connectivity index (χ3v) is 5.51. The van der Waals surface area contributed by atoms with E-state index >= 15 is 0 Å². The molecule has 2 fully saturated rings. The Bertz CT molecular complexity index is 324. The minimum Gasteiger partial charge on any atom is -0.459 e. The summed E-state index contributed by atoms with van der Waals surface area (Å²) in [5.41, 5.74) is -0.535. The summed E-state index contributed by atoms with van der Waals surface area (Å²) in [5.74, 6) is 1.39. The second-order valence-corrected chi connectivity index (χ2v) is 8.07. The molecule has 0 bridgehead atoms. The molecule has 110 valence electrons. The molecule has 0 spiro atoms. The Morgan fingerprint density at radius 3 is 2.74 bits per heavy atom. The third kappa shape index (κ3) is 4.02. The van der Waals surface area contributed by atoms with Crippen LogP contribution in [0.2, 0.25) is 0 Å². The summed E-state index contributed by atoms with van der Waals surface area (Å²) >= 11 is 7.27. The summed E-state index contributed by atoms with van der Waals surface area (Å²) in [4.78, 5) is 12.1. The van der Waals surface area contributed by atoms with Crippen molar-refractivity contribution < 1.29 is 14.3 Å². The number of ether oxygens (including phenoxy) is 2. The predicted octanol–water partition coefficient (Wildman–Crippen LogP) is 3.64. The first kappa shape index (κ1) is 15.5. The molecule has 0 aromatic carbocycles.